The van der Waals surface area contributed by atoms with E-state index in [9.17, 15) is 0 Å². The lowest BCUT2D eigenvalue weighted by Crippen LogP contribution is -2.50. The molecule has 2 heterocycles. The molecule has 1 N–H and O–H groups in total. The van der Waals surface area contributed by atoms with Gasteiger partial charge in [0.15, 0.2) is 0 Å². The highest BCUT2D eigenvalue weighted by molar-refractivity contribution is 4.98. The van der Waals surface area contributed by atoms with Gasteiger partial charge in [0.1, 0.15) is 0 Å². The summed E-state index contributed by atoms with van der Waals surface area (Å²) in [7, 11) is 0. The number of nitrogens with zero attached hydrogens (tertiary/aromatic N) is 1. The summed E-state index contributed by atoms with van der Waals surface area (Å²) in [6, 6.07) is 0. The SMILES string of the molecule is CCN1CCC(C2(CC)CCCN2)CC1. The molecule has 0 aromatic heterocycles. The Bertz CT molecular complexity index is 189. The Morgan fingerprint density at radius 3 is 2.47 bits per heavy atom. The summed E-state index contributed by atoms with van der Waals surface area (Å²) in [5.74, 6) is 0.938. The summed E-state index contributed by atoms with van der Waals surface area (Å²) >= 11 is 0. The van der Waals surface area contributed by atoms with E-state index in [2.05, 4.69) is 24.1 Å². The molecule has 2 aliphatic heterocycles. The highest BCUT2D eigenvalue weighted by Gasteiger charge is 2.40. The molecule has 1 unspecified atom stereocenters. The molecule has 2 saturated heterocycles. The van der Waals surface area contributed by atoms with Gasteiger partial charge >= 0.3 is 0 Å². The van der Waals surface area contributed by atoms with Crippen molar-refractivity contribution in [1.29, 1.82) is 0 Å². The van der Waals surface area contributed by atoms with Crippen molar-refractivity contribution in [3.05, 3.63) is 0 Å². The Balaban J connectivity index is 1.93. The zero-order valence-corrected chi connectivity index (χ0v) is 10.4. The number of hydrogen-bond acceptors (Lipinski definition) is 2. The third-order valence-corrected chi connectivity index (χ3v) is 4.72. The first-order valence-electron chi connectivity index (χ1n) is 6.78. The first-order chi connectivity index (χ1) is 7.30. The van der Waals surface area contributed by atoms with Gasteiger partial charge in [-0.15, -0.1) is 0 Å². The molecule has 2 rings (SSSR count). The normalized spacial score (nSPS) is 34.8. The van der Waals surface area contributed by atoms with E-state index in [4.69, 9.17) is 0 Å². The van der Waals surface area contributed by atoms with Crippen LogP contribution in [0.1, 0.15) is 46.0 Å². The van der Waals surface area contributed by atoms with Crippen LogP contribution in [0.4, 0.5) is 0 Å². The standard InChI is InChI=1S/C13H26N2/c1-3-13(8-5-9-14-13)12-6-10-15(4-2)11-7-12/h12,14H,3-11H2,1-2H3. The molecule has 15 heavy (non-hydrogen) atoms. The van der Waals surface area contributed by atoms with Crippen LogP contribution < -0.4 is 5.32 Å². The lowest BCUT2D eigenvalue weighted by atomic mass is 9.75. The van der Waals surface area contributed by atoms with Crippen molar-refractivity contribution < 1.29 is 0 Å². The quantitative estimate of drug-likeness (QED) is 0.768. The van der Waals surface area contributed by atoms with E-state index in [0.717, 1.165) is 5.92 Å². The topological polar surface area (TPSA) is 15.3 Å². The number of piperidine rings is 1. The summed E-state index contributed by atoms with van der Waals surface area (Å²) in [5, 5.41) is 3.80. The second-order valence-corrected chi connectivity index (χ2v) is 5.25. The maximum atomic E-state index is 3.80. The van der Waals surface area contributed by atoms with Crippen LogP contribution in [0.5, 0.6) is 0 Å². The van der Waals surface area contributed by atoms with E-state index in [1.165, 1.54) is 58.3 Å². The van der Waals surface area contributed by atoms with Crippen molar-refractivity contribution in [2.75, 3.05) is 26.2 Å². The van der Waals surface area contributed by atoms with Gasteiger partial charge in [-0.3, -0.25) is 0 Å². The molecular weight excluding hydrogens is 184 g/mol. The van der Waals surface area contributed by atoms with Gasteiger partial charge in [0.25, 0.3) is 0 Å². The van der Waals surface area contributed by atoms with Crippen LogP contribution in [-0.4, -0.2) is 36.6 Å². The van der Waals surface area contributed by atoms with E-state index < -0.39 is 0 Å². The number of likely N-dealkylation sites (tertiary alicyclic amines) is 1. The fourth-order valence-electron chi connectivity index (χ4n) is 3.57. The molecule has 2 nitrogen and oxygen atoms in total. The van der Waals surface area contributed by atoms with Gasteiger partial charge in [-0.25, -0.2) is 0 Å². The average molecular weight is 210 g/mol. The van der Waals surface area contributed by atoms with Crippen molar-refractivity contribution in [2.24, 2.45) is 5.92 Å². The Morgan fingerprint density at radius 2 is 2.00 bits per heavy atom. The third kappa shape index (κ3) is 2.21. The third-order valence-electron chi connectivity index (χ3n) is 4.72. The Hall–Kier alpha value is -0.0800. The molecule has 0 saturated carbocycles. The first kappa shape index (κ1) is 11.4. The minimum absolute atomic E-state index is 0.514. The second-order valence-electron chi connectivity index (χ2n) is 5.25. The molecule has 0 spiro atoms. The lowest BCUT2D eigenvalue weighted by Gasteiger charge is -2.42. The number of nitrogens with one attached hydrogen (secondary N) is 1. The fraction of sp³-hybridized carbons (Fsp3) is 1.00. The zero-order valence-electron chi connectivity index (χ0n) is 10.4. The van der Waals surface area contributed by atoms with Gasteiger partial charge in [0, 0.05) is 5.54 Å². The average Bonchev–Trinajstić information content (AvgIpc) is 2.79. The summed E-state index contributed by atoms with van der Waals surface area (Å²) < 4.78 is 0. The molecule has 2 aliphatic rings. The summed E-state index contributed by atoms with van der Waals surface area (Å²) in [5.41, 5.74) is 0.514. The highest BCUT2D eigenvalue weighted by Crippen LogP contribution is 2.37. The molecule has 1 atom stereocenters. The van der Waals surface area contributed by atoms with E-state index in [1.807, 2.05) is 0 Å². The summed E-state index contributed by atoms with van der Waals surface area (Å²) in [6.07, 6.45) is 6.95. The van der Waals surface area contributed by atoms with Crippen molar-refractivity contribution in [3.63, 3.8) is 0 Å². The van der Waals surface area contributed by atoms with E-state index in [0.29, 0.717) is 5.54 Å². The smallest absolute Gasteiger partial charge is 0.0208 e. The molecule has 0 bridgehead atoms. The Kier molecular flexibility index (Phi) is 3.68. The van der Waals surface area contributed by atoms with E-state index in [-0.39, 0.29) is 0 Å². The van der Waals surface area contributed by atoms with Crippen LogP contribution in [0.15, 0.2) is 0 Å². The first-order valence-corrected chi connectivity index (χ1v) is 6.78. The Labute approximate surface area is 94.4 Å². The van der Waals surface area contributed by atoms with Crippen LogP contribution in [0.2, 0.25) is 0 Å². The minimum atomic E-state index is 0.514. The maximum Gasteiger partial charge on any atom is 0.0208 e. The van der Waals surface area contributed by atoms with Crippen molar-refractivity contribution >= 4 is 0 Å². The summed E-state index contributed by atoms with van der Waals surface area (Å²) in [6.45, 7) is 9.78. The van der Waals surface area contributed by atoms with E-state index >= 15 is 0 Å². The van der Waals surface area contributed by atoms with Gasteiger partial charge < -0.3 is 10.2 Å². The second kappa shape index (κ2) is 4.84. The number of rotatable bonds is 3. The van der Waals surface area contributed by atoms with Crippen LogP contribution in [0.3, 0.4) is 0 Å². The van der Waals surface area contributed by atoms with Crippen LogP contribution in [0.25, 0.3) is 0 Å². The predicted octanol–water partition coefficient (Wildman–Crippen LogP) is 2.25. The molecule has 0 aliphatic carbocycles. The fourth-order valence-corrected chi connectivity index (χ4v) is 3.57. The van der Waals surface area contributed by atoms with Crippen LogP contribution in [-0.2, 0) is 0 Å². The van der Waals surface area contributed by atoms with Gasteiger partial charge in [0.05, 0.1) is 0 Å². The van der Waals surface area contributed by atoms with Gasteiger partial charge in [-0.1, -0.05) is 13.8 Å². The van der Waals surface area contributed by atoms with Gasteiger partial charge in [-0.2, -0.15) is 0 Å². The Morgan fingerprint density at radius 1 is 1.27 bits per heavy atom. The monoisotopic (exact) mass is 210 g/mol. The van der Waals surface area contributed by atoms with E-state index in [1.54, 1.807) is 0 Å². The molecule has 0 aromatic rings. The number of hydrogen-bond donors (Lipinski definition) is 1. The van der Waals surface area contributed by atoms with Crippen molar-refractivity contribution in [2.45, 2.75) is 51.5 Å². The molecule has 2 heteroatoms. The van der Waals surface area contributed by atoms with Crippen LogP contribution >= 0.6 is 0 Å². The molecule has 0 aromatic carbocycles. The molecular formula is C13H26N2. The molecule has 88 valence electrons. The van der Waals surface area contributed by atoms with Gasteiger partial charge in [0.2, 0.25) is 0 Å². The highest BCUT2D eigenvalue weighted by atomic mass is 15.1. The lowest BCUT2D eigenvalue weighted by molar-refractivity contribution is 0.117. The van der Waals surface area contributed by atoms with Crippen molar-refractivity contribution in [3.8, 4) is 0 Å². The van der Waals surface area contributed by atoms with Gasteiger partial charge in [-0.05, 0) is 64.2 Å². The molecule has 0 amide bonds. The largest absolute Gasteiger partial charge is 0.311 e. The van der Waals surface area contributed by atoms with Crippen molar-refractivity contribution in [1.82, 2.24) is 10.2 Å². The predicted molar refractivity (Wildman–Crippen MR) is 65.1 cm³/mol. The minimum Gasteiger partial charge on any atom is -0.311 e. The van der Waals surface area contributed by atoms with Crippen LogP contribution in [0, 0.1) is 5.92 Å². The molecule has 2 fully saturated rings. The zero-order chi connectivity index (χ0) is 10.7. The summed E-state index contributed by atoms with van der Waals surface area (Å²) in [4.78, 5) is 2.59. The molecule has 0 radical (unpaired) electrons. The maximum absolute atomic E-state index is 3.80.